The first-order chi connectivity index (χ1) is 3.79. The smallest absolute Gasteiger partial charge is 0.0555 e. The summed E-state index contributed by atoms with van der Waals surface area (Å²) < 4.78 is 0. The average molecular weight is 114 g/mol. The van der Waals surface area contributed by atoms with E-state index >= 15 is 0 Å². The Hall–Kier alpha value is -0.0800. The zero-order valence-electron chi connectivity index (χ0n) is 4.93. The first-order valence-corrected chi connectivity index (χ1v) is 3.18. The van der Waals surface area contributed by atoms with Crippen molar-refractivity contribution in [3.05, 3.63) is 0 Å². The summed E-state index contributed by atoms with van der Waals surface area (Å²) in [5, 5.41) is 8.96. The number of hydrogen-bond acceptors (Lipinski definition) is 1. The van der Waals surface area contributed by atoms with E-state index in [9.17, 15) is 0 Å². The monoisotopic (exact) mass is 114 g/mol. The third-order valence-corrected chi connectivity index (χ3v) is 1.65. The maximum absolute atomic E-state index is 8.96. The fraction of sp³-hybridized carbons (Fsp3) is 1.00. The Balaban J connectivity index is 2.23. The lowest BCUT2D eigenvalue weighted by Crippen LogP contribution is -2.24. The molecule has 0 aromatic heterocycles. The highest BCUT2D eigenvalue weighted by molar-refractivity contribution is 4.72. The van der Waals surface area contributed by atoms with E-state index in [1.807, 2.05) is 0 Å². The lowest BCUT2D eigenvalue weighted by Gasteiger charge is -2.20. The number of rotatable bonds is 0. The second-order valence-electron chi connectivity index (χ2n) is 2.52. The third-order valence-electron chi connectivity index (χ3n) is 1.65. The number of aliphatic hydroxyl groups excluding tert-OH is 1. The fourth-order valence-electron chi connectivity index (χ4n) is 1.16. The van der Waals surface area contributed by atoms with Gasteiger partial charge < -0.3 is 5.11 Å². The summed E-state index contributed by atoms with van der Waals surface area (Å²) in [6.07, 6.45) is 3.45. The van der Waals surface area contributed by atoms with E-state index in [1.54, 1.807) is 0 Å². The van der Waals surface area contributed by atoms with E-state index in [4.69, 9.17) is 10.8 Å². The van der Waals surface area contributed by atoms with Gasteiger partial charge in [0.25, 0.3) is 0 Å². The van der Waals surface area contributed by atoms with Crippen molar-refractivity contribution in [2.75, 3.05) is 0 Å². The molecule has 2 N–H and O–H groups in total. The van der Waals surface area contributed by atoms with Crippen LogP contribution < -0.4 is 5.73 Å². The van der Waals surface area contributed by atoms with Crippen LogP contribution in [-0.2, 0) is 0 Å². The average Bonchev–Trinajstić information content (AvgIpc) is 1.64. The Morgan fingerprint density at radius 3 is 2.50 bits per heavy atom. The van der Waals surface area contributed by atoms with Crippen molar-refractivity contribution in [3.63, 3.8) is 0 Å². The third kappa shape index (κ3) is 1.46. The van der Waals surface area contributed by atoms with Gasteiger partial charge in [-0.15, -0.1) is 0 Å². The van der Waals surface area contributed by atoms with Crippen molar-refractivity contribution in [2.45, 2.75) is 37.8 Å². The van der Waals surface area contributed by atoms with Gasteiger partial charge in [0, 0.05) is 6.04 Å². The number of aliphatic hydroxyl groups is 1. The van der Waals surface area contributed by atoms with Gasteiger partial charge in [0.15, 0.2) is 0 Å². The van der Waals surface area contributed by atoms with Crippen LogP contribution >= 0.6 is 0 Å². The van der Waals surface area contributed by atoms with Gasteiger partial charge in [-0.25, -0.2) is 0 Å². The topological polar surface area (TPSA) is 44.0 Å². The summed E-state index contributed by atoms with van der Waals surface area (Å²) in [6, 6.07) is 0.0127. The molecule has 1 rings (SSSR count). The lowest BCUT2D eigenvalue weighted by molar-refractivity contribution is 0.119. The Kier molecular flexibility index (Phi) is 1.86. The maximum atomic E-state index is 8.96. The molecule has 0 spiro atoms. The first kappa shape index (κ1) is 6.05. The van der Waals surface area contributed by atoms with Gasteiger partial charge >= 0.3 is 0 Å². The van der Waals surface area contributed by atoms with Gasteiger partial charge in [0.05, 0.1) is 6.10 Å². The predicted octanol–water partition coefficient (Wildman–Crippen LogP) is 0.573. The summed E-state index contributed by atoms with van der Waals surface area (Å²) in [7, 11) is 0. The molecule has 2 nitrogen and oxygen atoms in total. The minimum absolute atomic E-state index is 0.0127. The molecule has 0 amide bonds. The van der Waals surface area contributed by atoms with Gasteiger partial charge in [0.1, 0.15) is 0 Å². The summed E-state index contributed by atoms with van der Waals surface area (Å²) in [6.45, 7) is 0. The van der Waals surface area contributed by atoms with E-state index in [2.05, 4.69) is 0 Å². The van der Waals surface area contributed by atoms with Crippen LogP contribution in [0, 0.1) is 0 Å². The molecular formula is C6H12NO. The molecule has 2 atom stereocenters. The van der Waals surface area contributed by atoms with Gasteiger partial charge in [-0.2, -0.15) is 0 Å². The quantitative estimate of drug-likeness (QED) is 0.491. The van der Waals surface area contributed by atoms with Gasteiger partial charge in [0.2, 0.25) is 0 Å². The van der Waals surface area contributed by atoms with E-state index in [1.165, 1.54) is 0 Å². The molecule has 0 heterocycles. The molecule has 1 saturated carbocycles. The van der Waals surface area contributed by atoms with Crippen molar-refractivity contribution in [3.8, 4) is 0 Å². The van der Waals surface area contributed by atoms with Gasteiger partial charge in [-0.1, -0.05) is 0 Å². The molecule has 0 aromatic carbocycles. The van der Waals surface area contributed by atoms with Gasteiger partial charge in [-0.05, 0) is 25.7 Å². The summed E-state index contributed by atoms with van der Waals surface area (Å²) in [5.74, 6) is 0. The van der Waals surface area contributed by atoms with Crippen LogP contribution in [-0.4, -0.2) is 17.3 Å². The van der Waals surface area contributed by atoms with Gasteiger partial charge in [-0.3, -0.25) is 5.73 Å². The fourth-order valence-corrected chi connectivity index (χ4v) is 1.16. The zero-order chi connectivity index (χ0) is 5.98. The van der Waals surface area contributed by atoms with E-state index in [-0.39, 0.29) is 12.1 Å². The second-order valence-corrected chi connectivity index (χ2v) is 2.52. The molecule has 1 radical (unpaired) electrons. The molecule has 1 aliphatic rings. The van der Waals surface area contributed by atoms with Crippen LogP contribution in [0.4, 0.5) is 0 Å². The van der Waals surface area contributed by atoms with Crippen LogP contribution in [0.3, 0.4) is 0 Å². The van der Waals surface area contributed by atoms with E-state index in [0.29, 0.717) is 6.42 Å². The van der Waals surface area contributed by atoms with E-state index < -0.39 is 0 Å². The number of hydrogen-bond donors (Lipinski definition) is 1. The standard InChI is InChI=1S/C6H12NO/c7-5-2-1-3-6(8)4-5/h5-8H,1-4H2. The molecule has 0 saturated heterocycles. The second kappa shape index (κ2) is 2.46. The SMILES string of the molecule is [NH]C1CCCC(O)C1. The minimum atomic E-state index is -0.175. The zero-order valence-corrected chi connectivity index (χ0v) is 4.93. The van der Waals surface area contributed by atoms with Crippen LogP contribution in [0.2, 0.25) is 0 Å². The highest BCUT2D eigenvalue weighted by atomic mass is 16.3. The Morgan fingerprint density at radius 1 is 1.38 bits per heavy atom. The van der Waals surface area contributed by atoms with Crippen LogP contribution in [0.1, 0.15) is 25.7 Å². The van der Waals surface area contributed by atoms with Crippen molar-refractivity contribution < 1.29 is 5.11 Å². The Labute approximate surface area is 49.7 Å². The lowest BCUT2D eigenvalue weighted by atomic mass is 9.94. The molecule has 2 heteroatoms. The molecule has 0 bridgehead atoms. The summed E-state index contributed by atoms with van der Waals surface area (Å²) in [5.41, 5.74) is 7.24. The maximum Gasteiger partial charge on any atom is 0.0555 e. The minimum Gasteiger partial charge on any atom is -0.393 e. The van der Waals surface area contributed by atoms with Crippen molar-refractivity contribution >= 4 is 0 Å². The highest BCUT2D eigenvalue weighted by Crippen LogP contribution is 2.16. The molecule has 0 aromatic rings. The Bertz CT molecular complexity index is 66.9. The molecule has 0 aliphatic heterocycles. The van der Waals surface area contributed by atoms with Crippen molar-refractivity contribution in [2.24, 2.45) is 0 Å². The van der Waals surface area contributed by atoms with Crippen LogP contribution in [0.15, 0.2) is 0 Å². The highest BCUT2D eigenvalue weighted by Gasteiger charge is 2.16. The number of nitrogens with one attached hydrogen (secondary N) is 1. The predicted molar refractivity (Wildman–Crippen MR) is 31.4 cm³/mol. The first-order valence-electron chi connectivity index (χ1n) is 3.18. The molecule has 1 aliphatic carbocycles. The molecule has 47 valence electrons. The largest absolute Gasteiger partial charge is 0.393 e. The van der Waals surface area contributed by atoms with Crippen molar-refractivity contribution in [1.82, 2.24) is 5.73 Å². The molecular weight excluding hydrogens is 102 g/mol. The van der Waals surface area contributed by atoms with Crippen LogP contribution in [0.5, 0.6) is 0 Å². The molecule has 1 fully saturated rings. The Morgan fingerprint density at radius 2 is 2.12 bits per heavy atom. The summed E-state index contributed by atoms with van der Waals surface area (Å²) in [4.78, 5) is 0. The normalized spacial score (nSPS) is 39.8. The summed E-state index contributed by atoms with van der Waals surface area (Å²) >= 11 is 0. The molecule has 2 unspecified atom stereocenters. The van der Waals surface area contributed by atoms with Crippen LogP contribution in [0.25, 0.3) is 0 Å². The van der Waals surface area contributed by atoms with Crippen molar-refractivity contribution in [1.29, 1.82) is 0 Å². The molecule has 8 heavy (non-hydrogen) atoms. The van der Waals surface area contributed by atoms with E-state index in [0.717, 1.165) is 19.3 Å².